The number of hydrogen-bond donors (Lipinski definition) is 1. The number of aromatic nitrogens is 2. The molecule has 0 atom stereocenters. The molecular formula is C25H20N4O3. The van der Waals surface area contributed by atoms with Gasteiger partial charge in [-0.25, -0.2) is 4.98 Å². The number of nitrogens with zero attached hydrogens (tertiary/aromatic N) is 3. The lowest BCUT2D eigenvalue weighted by Gasteiger charge is -2.10. The fourth-order valence-electron chi connectivity index (χ4n) is 3.67. The normalized spacial score (nSPS) is 13.0. The van der Waals surface area contributed by atoms with Crippen LogP contribution in [0.2, 0.25) is 0 Å². The van der Waals surface area contributed by atoms with E-state index >= 15 is 0 Å². The molecule has 0 aliphatic heterocycles. The van der Waals surface area contributed by atoms with Crippen molar-refractivity contribution in [3.05, 3.63) is 77.5 Å². The van der Waals surface area contributed by atoms with Gasteiger partial charge in [0.05, 0.1) is 10.9 Å². The van der Waals surface area contributed by atoms with Crippen molar-refractivity contribution in [1.29, 1.82) is 5.26 Å². The summed E-state index contributed by atoms with van der Waals surface area (Å²) in [5, 5.41) is 16.5. The summed E-state index contributed by atoms with van der Waals surface area (Å²) in [6.45, 7) is 0.293. The Bertz CT molecular complexity index is 1320. The molecule has 5 rings (SSSR count). The summed E-state index contributed by atoms with van der Waals surface area (Å²) in [5.74, 6) is 0.735. The van der Waals surface area contributed by atoms with Gasteiger partial charge < -0.3 is 14.6 Å². The molecule has 0 bridgehead atoms. The van der Waals surface area contributed by atoms with E-state index in [-0.39, 0.29) is 12.5 Å². The highest BCUT2D eigenvalue weighted by atomic mass is 16.5. The molecule has 2 heterocycles. The second-order valence-corrected chi connectivity index (χ2v) is 7.72. The van der Waals surface area contributed by atoms with E-state index in [1.165, 1.54) is 0 Å². The second-order valence-electron chi connectivity index (χ2n) is 7.72. The summed E-state index contributed by atoms with van der Waals surface area (Å²) in [4.78, 5) is 17.9. The Morgan fingerprint density at radius 1 is 1.16 bits per heavy atom. The van der Waals surface area contributed by atoms with Gasteiger partial charge in [0.2, 0.25) is 0 Å². The average molecular weight is 424 g/mol. The number of nitrogens with one attached hydrogen (secondary N) is 1. The largest absolute Gasteiger partial charge is 0.479 e. The number of hydrogen-bond acceptors (Lipinski definition) is 6. The number of carbonyl (C=O) groups is 1. The zero-order valence-electron chi connectivity index (χ0n) is 17.2. The topological polar surface area (TPSA) is 101 Å². The lowest BCUT2D eigenvalue weighted by atomic mass is 10.0. The SMILES string of the molecule is N#CCOc1cccc(CNC(=O)c2cc(C3CC3)nc3onc(-c4ccccc4)c23)c1. The molecule has 1 N–H and O–H groups in total. The summed E-state index contributed by atoms with van der Waals surface area (Å²) in [6, 6.07) is 20.8. The van der Waals surface area contributed by atoms with Crippen LogP contribution in [0.3, 0.4) is 0 Å². The van der Waals surface area contributed by atoms with Crippen molar-refractivity contribution in [2.24, 2.45) is 0 Å². The van der Waals surface area contributed by atoms with Crippen LogP contribution in [0.25, 0.3) is 22.4 Å². The molecule has 1 saturated carbocycles. The van der Waals surface area contributed by atoms with E-state index in [0.717, 1.165) is 29.7 Å². The molecule has 0 spiro atoms. The molecule has 2 aromatic carbocycles. The van der Waals surface area contributed by atoms with Crippen LogP contribution in [-0.2, 0) is 6.54 Å². The van der Waals surface area contributed by atoms with Crippen LogP contribution < -0.4 is 10.1 Å². The minimum absolute atomic E-state index is 0.0233. The Morgan fingerprint density at radius 3 is 2.78 bits per heavy atom. The summed E-state index contributed by atoms with van der Waals surface area (Å²) in [5.41, 5.74) is 4.09. The van der Waals surface area contributed by atoms with Crippen LogP contribution in [0, 0.1) is 11.3 Å². The second kappa shape index (κ2) is 8.52. The molecule has 32 heavy (non-hydrogen) atoms. The Kier molecular flexibility index (Phi) is 5.26. The Hall–Kier alpha value is -4.18. The van der Waals surface area contributed by atoms with Gasteiger partial charge in [0.1, 0.15) is 17.5 Å². The first-order chi connectivity index (χ1) is 15.7. The lowest BCUT2D eigenvalue weighted by molar-refractivity contribution is 0.0952. The predicted octanol–water partition coefficient (Wildman–Crippen LogP) is 4.60. The van der Waals surface area contributed by atoms with Crippen molar-refractivity contribution in [2.75, 3.05) is 6.61 Å². The van der Waals surface area contributed by atoms with Crippen molar-refractivity contribution >= 4 is 17.0 Å². The molecule has 1 fully saturated rings. The van der Waals surface area contributed by atoms with E-state index in [0.29, 0.717) is 40.6 Å². The Labute approximate surface area is 184 Å². The van der Waals surface area contributed by atoms with Crippen molar-refractivity contribution in [2.45, 2.75) is 25.3 Å². The fraction of sp³-hybridized carbons (Fsp3) is 0.200. The average Bonchev–Trinajstić information content (AvgIpc) is 3.60. The van der Waals surface area contributed by atoms with Gasteiger partial charge in [-0.2, -0.15) is 5.26 Å². The molecule has 1 aliphatic carbocycles. The molecule has 7 nitrogen and oxygen atoms in total. The number of ether oxygens (including phenoxy) is 1. The smallest absolute Gasteiger partial charge is 0.259 e. The van der Waals surface area contributed by atoms with E-state index in [9.17, 15) is 4.79 Å². The van der Waals surface area contributed by atoms with E-state index in [2.05, 4.69) is 15.5 Å². The summed E-state index contributed by atoms with van der Waals surface area (Å²) in [6.07, 6.45) is 2.13. The zero-order valence-corrected chi connectivity index (χ0v) is 17.2. The third kappa shape index (κ3) is 4.03. The van der Waals surface area contributed by atoms with E-state index < -0.39 is 0 Å². The van der Waals surface area contributed by atoms with Gasteiger partial charge in [-0.15, -0.1) is 0 Å². The molecule has 0 radical (unpaired) electrons. The van der Waals surface area contributed by atoms with Gasteiger partial charge in [-0.1, -0.05) is 47.6 Å². The van der Waals surface area contributed by atoms with Crippen molar-refractivity contribution in [1.82, 2.24) is 15.5 Å². The maximum Gasteiger partial charge on any atom is 0.259 e. The highest BCUT2D eigenvalue weighted by Gasteiger charge is 2.29. The van der Waals surface area contributed by atoms with Crippen LogP contribution >= 0.6 is 0 Å². The molecule has 158 valence electrons. The molecule has 2 aromatic heterocycles. The number of carbonyl (C=O) groups excluding carboxylic acids is 1. The molecule has 4 aromatic rings. The predicted molar refractivity (Wildman–Crippen MR) is 118 cm³/mol. The third-order valence-electron chi connectivity index (χ3n) is 5.41. The van der Waals surface area contributed by atoms with Gasteiger partial charge in [-0.3, -0.25) is 4.79 Å². The number of amides is 1. The van der Waals surface area contributed by atoms with Crippen LogP contribution in [0.4, 0.5) is 0 Å². The van der Waals surface area contributed by atoms with Crippen LogP contribution in [0.15, 0.2) is 65.2 Å². The van der Waals surface area contributed by atoms with E-state index in [1.807, 2.05) is 60.7 Å². The van der Waals surface area contributed by atoms with Crippen LogP contribution in [0.1, 0.15) is 40.4 Å². The summed E-state index contributed by atoms with van der Waals surface area (Å²) in [7, 11) is 0. The highest BCUT2D eigenvalue weighted by Crippen LogP contribution is 2.41. The number of nitriles is 1. The summed E-state index contributed by atoms with van der Waals surface area (Å²) >= 11 is 0. The maximum atomic E-state index is 13.3. The number of benzene rings is 2. The first-order valence-corrected chi connectivity index (χ1v) is 10.5. The molecule has 0 unspecified atom stereocenters. The zero-order chi connectivity index (χ0) is 21.9. The van der Waals surface area contributed by atoms with Gasteiger partial charge in [0.15, 0.2) is 6.61 Å². The molecular weight excluding hydrogens is 404 g/mol. The van der Waals surface area contributed by atoms with Crippen LogP contribution in [0.5, 0.6) is 5.75 Å². The van der Waals surface area contributed by atoms with Gasteiger partial charge in [-0.05, 0) is 36.6 Å². The molecule has 0 saturated heterocycles. The number of fused-ring (bicyclic) bond motifs is 1. The van der Waals surface area contributed by atoms with E-state index in [4.69, 9.17) is 14.5 Å². The highest BCUT2D eigenvalue weighted by molar-refractivity contribution is 6.09. The Morgan fingerprint density at radius 2 is 2.00 bits per heavy atom. The van der Waals surface area contributed by atoms with E-state index in [1.54, 1.807) is 6.07 Å². The van der Waals surface area contributed by atoms with Crippen molar-refractivity contribution in [3.8, 4) is 23.1 Å². The number of pyridine rings is 1. The maximum absolute atomic E-state index is 13.3. The monoisotopic (exact) mass is 424 g/mol. The quantitative estimate of drug-likeness (QED) is 0.465. The molecule has 1 amide bonds. The first-order valence-electron chi connectivity index (χ1n) is 10.5. The molecule has 7 heteroatoms. The summed E-state index contributed by atoms with van der Waals surface area (Å²) < 4.78 is 10.9. The lowest BCUT2D eigenvalue weighted by Crippen LogP contribution is -2.23. The Balaban J connectivity index is 1.46. The van der Waals surface area contributed by atoms with Gasteiger partial charge >= 0.3 is 0 Å². The first kappa shape index (κ1) is 19.8. The standard InChI is InChI=1S/C25H20N4O3/c26-11-12-31-19-8-4-5-16(13-19)15-27-24(30)20-14-21(17-9-10-17)28-25-22(20)23(29-32-25)18-6-2-1-3-7-18/h1-8,13-14,17H,9-10,12,15H2,(H,27,30). The molecule has 1 aliphatic rings. The minimum Gasteiger partial charge on any atom is -0.479 e. The number of rotatable bonds is 7. The van der Waals surface area contributed by atoms with Crippen molar-refractivity contribution in [3.63, 3.8) is 0 Å². The third-order valence-corrected chi connectivity index (χ3v) is 5.41. The van der Waals surface area contributed by atoms with Gasteiger partial charge in [0, 0.05) is 23.7 Å². The fourth-order valence-corrected chi connectivity index (χ4v) is 3.67. The van der Waals surface area contributed by atoms with Crippen molar-refractivity contribution < 1.29 is 14.1 Å². The van der Waals surface area contributed by atoms with Gasteiger partial charge in [0.25, 0.3) is 11.6 Å². The van der Waals surface area contributed by atoms with Crippen LogP contribution in [-0.4, -0.2) is 22.7 Å². The minimum atomic E-state index is -0.219.